The average Bonchev–Trinajstić information content (AvgIpc) is 2.02. The van der Waals surface area contributed by atoms with Crippen molar-refractivity contribution < 1.29 is 4.74 Å². The monoisotopic (exact) mass is 167 g/mol. The maximum Gasteiger partial charge on any atom is 0.0689 e. The van der Waals surface area contributed by atoms with E-state index >= 15 is 0 Å². The van der Waals surface area contributed by atoms with Crippen LogP contribution in [0, 0.1) is 16.7 Å². The van der Waals surface area contributed by atoms with E-state index in [1.807, 2.05) is 6.92 Å². The molecule has 0 aromatic rings. The Morgan fingerprint density at radius 2 is 2.25 bits per heavy atom. The van der Waals surface area contributed by atoms with Crippen LogP contribution in [0.1, 0.15) is 39.0 Å². The van der Waals surface area contributed by atoms with E-state index in [0.717, 1.165) is 38.9 Å². The van der Waals surface area contributed by atoms with E-state index in [1.165, 1.54) is 6.42 Å². The van der Waals surface area contributed by atoms with Gasteiger partial charge >= 0.3 is 0 Å². The number of hydrogen-bond acceptors (Lipinski definition) is 2. The third-order valence-electron chi connectivity index (χ3n) is 2.70. The summed E-state index contributed by atoms with van der Waals surface area (Å²) in [6.07, 6.45) is 5.53. The van der Waals surface area contributed by atoms with Gasteiger partial charge in [-0.05, 0) is 32.6 Å². The molecule has 0 aromatic heterocycles. The summed E-state index contributed by atoms with van der Waals surface area (Å²) in [5.74, 6) is 0. The van der Waals surface area contributed by atoms with E-state index in [0.29, 0.717) is 0 Å². The van der Waals surface area contributed by atoms with Gasteiger partial charge in [0.1, 0.15) is 0 Å². The van der Waals surface area contributed by atoms with Crippen molar-refractivity contribution in [1.82, 2.24) is 0 Å². The molecule has 0 aromatic carbocycles. The lowest BCUT2D eigenvalue weighted by molar-refractivity contribution is 0.118. The molecule has 1 fully saturated rings. The molecule has 0 saturated heterocycles. The second kappa shape index (κ2) is 4.47. The van der Waals surface area contributed by atoms with Crippen LogP contribution in [0.2, 0.25) is 0 Å². The van der Waals surface area contributed by atoms with E-state index in [2.05, 4.69) is 6.07 Å². The van der Waals surface area contributed by atoms with Crippen LogP contribution in [0.3, 0.4) is 0 Å². The molecule has 0 heterocycles. The first kappa shape index (κ1) is 9.54. The first-order chi connectivity index (χ1) is 5.83. The summed E-state index contributed by atoms with van der Waals surface area (Å²) in [7, 11) is 0. The third kappa shape index (κ3) is 2.22. The second-order valence-electron chi connectivity index (χ2n) is 3.55. The Kier molecular flexibility index (Phi) is 3.55. The van der Waals surface area contributed by atoms with Gasteiger partial charge in [0, 0.05) is 13.2 Å². The van der Waals surface area contributed by atoms with Crippen LogP contribution in [0.15, 0.2) is 0 Å². The molecule has 1 saturated carbocycles. The number of nitrogens with zero attached hydrogens (tertiary/aromatic N) is 1. The fourth-order valence-corrected chi connectivity index (χ4v) is 1.68. The molecule has 0 spiro atoms. The average molecular weight is 167 g/mol. The highest BCUT2D eigenvalue weighted by Gasteiger charge is 2.36. The van der Waals surface area contributed by atoms with Crippen molar-refractivity contribution in [2.75, 3.05) is 13.2 Å². The van der Waals surface area contributed by atoms with Crippen molar-refractivity contribution in [1.29, 1.82) is 5.26 Å². The predicted molar refractivity (Wildman–Crippen MR) is 47.6 cm³/mol. The summed E-state index contributed by atoms with van der Waals surface area (Å²) >= 11 is 0. The van der Waals surface area contributed by atoms with Gasteiger partial charge in [-0.2, -0.15) is 5.26 Å². The van der Waals surface area contributed by atoms with Gasteiger partial charge in [0.05, 0.1) is 11.5 Å². The minimum absolute atomic E-state index is 0.0388. The van der Waals surface area contributed by atoms with Crippen molar-refractivity contribution in [3.05, 3.63) is 0 Å². The summed E-state index contributed by atoms with van der Waals surface area (Å²) in [5, 5.41) is 8.90. The van der Waals surface area contributed by atoms with Gasteiger partial charge < -0.3 is 4.74 Å². The molecular formula is C10H17NO. The molecule has 0 N–H and O–H groups in total. The topological polar surface area (TPSA) is 33.0 Å². The van der Waals surface area contributed by atoms with Gasteiger partial charge in [-0.3, -0.25) is 0 Å². The summed E-state index contributed by atoms with van der Waals surface area (Å²) in [4.78, 5) is 0. The molecule has 0 radical (unpaired) electrons. The SMILES string of the molecule is CCOCCCC1(C#N)CCC1. The fourth-order valence-electron chi connectivity index (χ4n) is 1.68. The van der Waals surface area contributed by atoms with E-state index in [4.69, 9.17) is 10.00 Å². The number of nitriles is 1. The van der Waals surface area contributed by atoms with Crippen molar-refractivity contribution in [3.63, 3.8) is 0 Å². The van der Waals surface area contributed by atoms with Gasteiger partial charge in [0.25, 0.3) is 0 Å². The van der Waals surface area contributed by atoms with E-state index in [-0.39, 0.29) is 5.41 Å². The standard InChI is InChI=1S/C10H17NO/c1-2-12-8-4-7-10(9-11)5-3-6-10/h2-8H2,1H3. The van der Waals surface area contributed by atoms with Crippen molar-refractivity contribution >= 4 is 0 Å². The quantitative estimate of drug-likeness (QED) is 0.589. The van der Waals surface area contributed by atoms with Gasteiger partial charge in [0.2, 0.25) is 0 Å². The highest BCUT2D eigenvalue weighted by Crippen LogP contribution is 2.43. The maximum atomic E-state index is 8.90. The number of ether oxygens (including phenoxy) is 1. The van der Waals surface area contributed by atoms with Crippen molar-refractivity contribution in [2.45, 2.75) is 39.0 Å². The van der Waals surface area contributed by atoms with Crippen LogP contribution in [-0.2, 0) is 4.74 Å². The zero-order valence-corrected chi connectivity index (χ0v) is 7.81. The molecule has 2 heteroatoms. The molecule has 12 heavy (non-hydrogen) atoms. The molecule has 0 atom stereocenters. The van der Waals surface area contributed by atoms with Crippen molar-refractivity contribution in [2.24, 2.45) is 5.41 Å². The zero-order chi connectivity index (χ0) is 8.86. The lowest BCUT2D eigenvalue weighted by Crippen LogP contribution is -2.27. The number of rotatable bonds is 5. The fraction of sp³-hybridized carbons (Fsp3) is 0.900. The van der Waals surface area contributed by atoms with Crippen LogP contribution < -0.4 is 0 Å². The Hall–Kier alpha value is -0.550. The Bertz CT molecular complexity index is 167. The minimum Gasteiger partial charge on any atom is -0.382 e. The lowest BCUT2D eigenvalue weighted by atomic mass is 9.67. The van der Waals surface area contributed by atoms with Crippen LogP contribution >= 0.6 is 0 Å². The van der Waals surface area contributed by atoms with E-state index < -0.39 is 0 Å². The summed E-state index contributed by atoms with van der Waals surface area (Å²) in [6, 6.07) is 2.44. The molecule has 0 unspecified atom stereocenters. The molecule has 1 aliphatic carbocycles. The summed E-state index contributed by atoms with van der Waals surface area (Å²) < 4.78 is 5.23. The molecule has 0 amide bonds. The molecular weight excluding hydrogens is 150 g/mol. The van der Waals surface area contributed by atoms with Crippen LogP contribution in [0.5, 0.6) is 0 Å². The van der Waals surface area contributed by atoms with Gasteiger partial charge in [0.15, 0.2) is 0 Å². The third-order valence-corrected chi connectivity index (χ3v) is 2.70. The van der Waals surface area contributed by atoms with E-state index in [9.17, 15) is 0 Å². The summed E-state index contributed by atoms with van der Waals surface area (Å²) in [6.45, 7) is 3.61. The summed E-state index contributed by atoms with van der Waals surface area (Å²) in [5.41, 5.74) is 0.0388. The predicted octanol–water partition coefficient (Wildman–Crippen LogP) is 2.50. The molecule has 2 nitrogen and oxygen atoms in total. The van der Waals surface area contributed by atoms with Gasteiger partial charge in [-0.1, -0.05) is 6.42 Å². The first-order valence-corrected chi connectivity index (χ1v) is 4.82. The van der Waals surface area contributed by atoms with Crippen LogP contribution in [0.25, 0.3) is 0 Å². The Balaban J connectivity index is 2.09. The lowest BCUT2D eigenvalue weighted by Gasteiger charge is -2.35. The minimum atomic E-state index is 0.0388. The Morgan fingerprint density at radius 3 is 2.67 bits per heavy atom. The highest BCUT2D eigenvalue weighted by molar-refractivity contribution is 5.04. The molecule has 1 rings (SSSR count). The Morgan fingerprint density at radius 1 is 1.50 bits per heavy atom. The van der Waals surface area contributed by atoms with Gasteiger partial charge in [-0.25, -0.2) is 0 Å². The van der Waals surface area contributed by atoms with Crippen molar-refractivity contribution in [3.8, 4) is 6.07 Å². The second-order valence-corrected chi connectivity index (χ2v) is 3.55. The molecule has 1 aliphatic rings. The number of hydrogen-bond donors (Lipinski definition) is 0. The van der Waals surface area contributed by atoms with Crippen LogP contribution in [0.4, 0.5) is 0 Å². The molecule has 0 aliphatic heterocycles. The smallest absolute Gasteiger partial charge is 0.0689 e. The largest absolute Gasteiger partial charge is 0.382 e. The zero-order valence-electron chi connectivity index (χ0n) is 7.81. The van der Waals surface area contributed by atoms with Crippen LogP contribution in [-0.4, -0.2) is 13.2 Å². The van der Waals surface area contributed by atoms with Gasteiger partial charge in [-0.15, -0.1) is 0 Å². The molecule has 68 valence electrons. The Labute approximate surface area is 74.5 Å². The van der Waals surface area contributed by atoms with E-state index in [1.54, 1.807) is 0 Å². The molecule has 0 bridgehead atoms. The highest BCUT2D eigenvalue weighted by atomic mass is 16.5. The normalized spacial score (nSPS) is 19.7. The maximum absolute atomic E-state index is 8.90. The first-order valence-electron chi connectivity index (χ1n) is 4.82.